The monoisotopic (exact) mass is 265 g/mol. The molecule has 0 spiro atoms. The molecule has 0 fully saturated rings. The second-order valence-corrected chi connectivity index (χ2v) is 5.64. The zero-order chi connectivity index (χ0) is 13.8. The summed E-state index contributed by atoms with van der Waals surface area (Å²) in [6.45, 7) is 3.21. The minimum absolute atomic E-state index is 0.433. The summed E-state index contributed by atoms with van der Waals surface area (Å²) >= 11 is 0. The van der Waals surface area contributed by atoms with E-state index < -0.39 is 0 Å². The first-order valence-corrected chi connectivity index (χ1v) is 7.76. The van der Waals surface area contributed by atoms with E-state index >= 15 is 0 Å². The molecule has 0 aromatic heterocycles. The molecule has 1 aliphatic rings. The summed E-state index contributed by atoms with van der Waals surface area (Å²) in [6.07, 6.45) is 3.82. The Hall–Kier alpha value is -1.60. The van der Waals surface area contributed by atoms with Gasteiger partial charge in [-0.1, -0.05) is 61.5 Å². The summed E-state index contributed by atoms with van der Waals surface area (Å²) in [6, 6.07) is 20.3. The summed E-state index contributed by atoms with van der Waals surface area (Å²) in [5.74, 6) is 0.599. The Kier molecular flexibility index (Phi) is 4.17. The van der Waals surface area contributed by atoms with Crippen molar-refractivity contribution in [3.63, 3.8) is 0 Å². The molecule has 0 saturated heterocycles. The molecule has 20 heavy (non-hydrogen) atoms. The summed E-state index contributed by atoms with van der Waals surface area (Å²) in [5.41, 5.74) is 4.51. The predicted molar refractivity (Wildman–Crippen MR) is 85.0 cm³/mol. The summed E-state index contributed by atoms with van der Waals surface area (Å²) in [7, 11) is 0. The molecular formula is C19H23N. The van der Waals surface area contributed by atoms with Crippen LogP contribution in [0.5, 0.6) is 0 Å². The molecule has 0 radical (unpaired) electrons. The summed E-state index contributed by atoms with van der Waals surface area (Å²) < 4.78 is 0. The van der Waals surface area contributed by atoms with E-state index in [2.05, 4.69) is 66.8 Å². The van der Waals surface area contributed by atoms with Gasteiger partial charge < -0.3 is 5.32 Å². The highest BCUT2D eigenvalue weighted by Crippen LogP contribution is 2.40. The lowest BCUT2D eigenvalue weighted by atomic mass is 9.77. The first-order chi connectivity index (χ1) is 9.90. The third-order valence-electron chi connectivity index (χ3n) is 4.40. The minimum Gasteiger partial charge on any atom is -0.310 e. The molecule has 3 rings (SSSR count). The number of nitrogens with one attached hydrogen (secondary N) is 1. The van der Waals surface area contributed by atoms with Crippen molar-refractivity contribution in [1.29, 1.82) is 0 Å². The van der Waals surface area contributed by atoms with Gasteiger partial charge in [-0.25, -0.2) is 0 Å². The van der Waals surface area contributed by atoms with Crippen molar-refractivity contribution in [2.75, 3.05) is 6.54 Å². The van der Waals surface area contributed by atoms with Crippen LogP contribution in [0.2, 0.25) is 0 Å². The van der Waals surface area contributed by atoms with Crippen LogP contribution >= 0.6 is 0 Å². The van der Waals surface area contributed by atoms with Crippen molar-refractivity contribution in [3.05, 3.63) is 71.3 Å². The summed E-state index contributed by atoms with van der Waals surface area (Å²) in [5, 5.41) is 3.71. The van der Waals surface area contributed by atoms with Crippen molar-refractivity contribution in [3.8, 4) is 0 Å². The number of rotatable bonds is 4. The van der Waals surface area contributed by atoms with Crippen LogP contribution in [0.4, 0.5) is 0 Å². The Bertz CT molecular complexity index is 547. The Labute approximate surface area is 122 Å². The van der Waals surface area contributed by atoms with Gasteiger partial charge in [0.1, 0.15) is 0 Å². The molecule has 0 aliphatic heterocycles. The Balaban J connectivity index is 1.97. The van der Waals surface area contributed by atoms with Gasteiger partial charge in [-0.05, 0) is 42.5 Å². The zero-order valence-electron chi connectivity index (χ0n) is 12.2. The lowest BCUT2D eigenvalue weighted by Crippen LogP contribution is -2.29. The molecule has 104 valence electrons. The second kappa shape index (κ2) is 6.23. The maximum atomic E-state index is 3.71. The van der Waals surface area contributed by atoms with Crippen molar-refractivity contribution in [2.24, 2.45) is 0 Å². The highest BCUT2D eigenvalue weighted by molar-refractivity contribution is 5.36. The van der Waals surface area contributed by atoms with E-state index in [1.165, 1.54) is 24.8 Å². The van der Waals surface area contributed by atoms with Crippen LogP contribution in [0.3, 0.4) is 0 Å². The molecule has 2 aromatic rings. The van der Waals surface area contributed by atoms with E-state index in [1.807, 2.05) is 0 Å². The smallest absolute Gasteiger partial charge is 0.0389 e. The van der Waals surface area contributed by atoms with E-state index in [4.69, 9.17) is 0 Å². The first kappa shape index (κ1) is 13.4. The van der Waals surface area contributed by atoms with E-state index in [-0.39, 0.29) is 0 Å². The summed E-state index contributed by atoms with van der Waals surface area (Å²) in [4.78, 5) is 0. The quantitative estimate of drug-likeness (QED) is 0.860. The van der Waals surface area contributed by atoms with Crippen LogP contribution in [0.1, 0.15) is 48.4 Å². The fraction of sp³-hybridized carbons (Fsp3) is 0.368. The van der Waals surface area contributed by atoms with E-state index in [0.717, 1.165) is 6.54 Å². The van der Waals surface area contributed by atoms with Gasteiger partial charge in [0.05, 0.1) is 0 Å². The molecule has 2 atom stereocenters. The number of aryl methyl sites for hydroxylation is 1. The van der Waals surface area contributed by atoms with Crippen molar-refractivity contribution in [2.45, 2.75) is 38.1 Å². The molecule has 2 aromatic carbocycles. The first-order valence-electron chi connectivity index (χ1n) is 7.76. The van der Waals surface area contributed by atoms with Gasteiger partial charge in [0.25, 0.3) is 0 Å². The molecule has 2 unspecified atom stereocenters. The molecule has 0 bridgehead atoms. The second-order valence-electron chi connectivity index (χ2n) is 5.64. The molecule has 0 saturated carbocycles. The third kappa shape index (κ3) is 2.64. The van der Waals surface area contributed by atoms with Gasteiger partial charge in [-0.15, -0.1) is 0 Å². The minimum atomic E-state index is 0.433. The van der Waals surface area contributed by atoms with E-state index in [9.17, 15) is 0 Å². The lowest BCUT2D eigenvalue weighted by molar-refractivity contribution is 0.409. The standard InChI is InChI=1S/C19H23N/c1-2-20-19(16-10-4-3-5-11-16)18-14-8-12-15-9-6-7-13-17(15)18/h3-7,9-11,13,18-20H,2,8,12,14H2,1H3. The molecule has 1 aliphatic carbocycles. The SMILES string of the molecule is CCNC(c1ccccc1)C1CCCc2ccccc21. The normalized spacial score (nSPS) is 19.4. The maximum absolute atomic E-state index is 3.71. The van der Waals surface area contributed by atoms with Crippen LogP contribution in [0.25, 0.3) is 0 Å². The average Bonchev–Trinajstić information content (AvgIpc) is 2.53. The van der Waals surface area contributed by atoms with Gasteiger partial charge in [0, 0.05) is 12.0 Å². The molecule has 1 nitrogen and oxygen atoms in total. The maximum Gasteiger partial charge on any atom is 0.0389 e. The molecule has 1 N–H and O–H groups in total. The molecule has 0 amide bonds. The predicted octanol–water partition coefficient (Wildman–Crippen LogP) is 4.46. The van der Waals surface area contributed by atoms with Gasteiger partial charge >= 0.3 is 0 Å². The number of hydrogen-bond acceptors (Lipinski definition) is 1. The number of benzene rings is 2. The number of fused-ring (bicyclic) bond motifs is 1. The van der Waals surface area contributed by atoms with Gasteiger partial charge in [0.15, 0.2) is 0 Å². The van der Waals surface area contributed by atoms with Gasteiger partial charge in [-0.2, -0.15) is 0 Å². The lowest BCUT2D eigenvalue weighted by Gasteiger charge is -2.33. The topological polar surface area (TPSA) is 12.0 Å². The zero-order valence-corrected chi connectivity index (χ0v) is 12.2. The Morgan fingerprint density at radius 2 is 1.80 bits per heavy atom. The third-order valence-corrected chi connectivity index (χ3v) is 4.40. The van der Waals surface area contributed by atoms with Crippen LogP contribution in [0.15, 0.2) is 54.6 Å². The number of hydrogen-bond donors (Lipinski definition) is 1. The van der Waals surface area contributed by atoms with Crippen molar-refractivity contribution in [1.82, 2.24) is 5.32 Å². The fourth-order valence-electron chi connectivity index (χ4n) is 3.51. The molecular weight excluding hydrogens is 242 g/mol. The number of likely N-dealkylation sites (N-methyl/N-ethyl adjacent to an activating group) is 1. The molecule has 0 heterocycles. The van der Waals surface area contributed by atoms with Crippen LogP contribution < -0.4 is 5.32 Å². The highest BCUT2D eigenvalue weighted by atomic mass is 14.9. The Morgan fingerprint density at radius 1 is 1.05 bits per heavy atom. The Morgan fingerprint density at radius 3 is 2.60 bits per heavy atom. The van der Waals surface area contributed by atoms with Crippen molar-refractivity contribution < 1.29 is 0 Å². The van der Waals surface area contributed by atoms with Crippen molar-refractivity contribution >= 4 is 0 Å². The average molecular weight is 265 g/mol. The van der Waals surface area contributed by atoms with E-state index in [1.54, 1.807) is 11.1 Å². The van der Waals surface area contributed by atoms with Crippen LogP contribution in [0, 0.1) is 0 Å². The van der Waals surface area contributed by atoms with Crippen LogP contribution in [-0.2, 0) is 6.42 Å². The highest BCUT2D eigenvalue weighted by Gasteiger charge is 2.28. The largest absolute Gasteiger partial charge is 0.310 e. The fourth-order valence-corrected chi connectivity index (χ4v) is 3.51. The van der Waals surface area contributed by atoms with Gasteiger partial charge in [0.2, 0.25) is 0 Å². The molecule has 1 heteroatoms. The van der Waals surface area contributed by atoms with Crippen LogP contribution in [-0.4, -0.2) is 6.54 Å². The van der Waals surface area contributed by atoms with Gasteiger partial charge in [-0.3, -0.25) is 0 Å². The van der Waals surface area contributed by atoms with E-state index in [0.29, 0.717) is 12.0 Å².